The van der Waals surface area contributed by atoms with E-state index in [0.29, 0.717) is 5.56 Å². The second-order valence-electron chi connectivity index (χ2n) is 6.92. The van der Waals surface area contributed by atoms with Crippen LogP contribution in [-0.4, -0.2) is 53.9 Å². The van der Waals surface area contributed by atoms with Gasteiger partial charge in [0.2, 0.25) is 0 Å². The molecule has 1 aromatic rings. The minimum Gasteiger partial charge on any atom is -0.504 e. The Morgan fingerprint density at radius 1 is 1.18 bits per heavy atom. The van der Waals surface area contributed by atoms with E-state index in [0.717, 1.165) is 0 Å². The van der Waals surface area contributed by atoms with Crippen LogP contribution in [0.15, 0.2) is 18.2 Å². The molecule has 8 heteroatoms. The van der Waals surface area contributed by atoms with Gasteiger partial charge in [-0.3, -0.25) is 14.4 Å². The molecule has 0 amide bonds. The predicted octanol–water partition coefficient (Wildman–Crippen LogP) is 1.57. The molecule has 0 radical (unpaired) electrons. The largest absolute Gasteiger partial charge is 0.504 e. The average Bonchev–Trinajstić information content (AvgIpc) is 2.61. The van der Waals surface area contributed by atoms with Gasteiger partial charge in [-0.25, -0.2) is 0 Å². The summed E-state index contributed by atoms with van der Waals surface area (Å²) in [5.74, 6) is -5.55. The molecule has 4 atom stereocenters. The van der Waals surface area contributed by atoms with Crippen LogP contribution < -0.4 is 4.74 Å². The fourth-order valence-corrected chi connectivity index (χ4v) is 3.78. The summed E-state index contributed by atoms with van der Waals surface area (Å²) in [6.07, 6.45) is -0.383. The smallest absolute Gasteiger partial charge is 0.317 e. The van der Waals surface area contributed by atoms with Crippen molar-refractivity contribution in [2.45, 2.75) is 38.7 Å². The molecule has 1 aliphatic carbocycles. The van der Waals surface area contributed by atoms with E-state index in [1.807, 2.05) is 0 Å². The second kappa shape index (κ2) is 8.60. The molecule has 1 saturated carbocycles. The van der Waals surface area contributed by atoms with Gasteiger partial charge in [-0.1, -0.05) is 6.07 Å². The lowest BCUT2D eigenvalue weighted by Gasteiger charge is -2.43. The topological polar surface area (TPSA) is 119 Å². The molecule has 0 saturated heterocycles. The fourth-order valence-electron chi connectivity index (χ4n) is 3.78. The minimum absolute atomic E-state index is 0.0642. The van der Waals surface area contributed by atoms with Gasteiger partial charge in [0, 0.05) is 12.3 Å². The lowest BCUT2D eigenvalue weighted by Crippen LogP contribution is -2.55. The predicted molar refractivity (Wildman–Crippen MR) is 97.9 cm³/mol. The van der Waals surface area contributed by atoms with Crippen molar-refractivity contribution in [3.05, 3.63) is 23.8 Å². The van der Waals surface area contributed by atoms with Gasteiger partial charge in [0.05, 0.1) is 31.8 Å². The van der Waals surface area contributed by atoms with Gasteiger partial charge in [0.15, 0.2) is 17.3 Å². The van der Waals surface area contributed by atoms with Gasteiger partial charge in [-0.2, -0.15) is 0 Å². The number of rotatable bonds is 6. The van der Waals surface area contributed by atoms with Crippen molar-refractivity contribution in [3.63, 3.8) is 0 Å². The number of methoxy groups -OCH3 is 1. The Hall–Kier alpha value is -2.61. The monoisotopic (exact) mass is 394 g/mol. The maximum atomic E-state index is 12.8. The standard InChI is InChI=1S/C20H26O8/c1-5-27-18(23)16-13(22)10-20(3,25)17(19(24)28-6-2)15(16)11-7-8-12(21)14(9-11)26-4/h7-9,15-17,21,25H,5-6,10H2,1-4H3/t15-,16-,17+,20+/m1/s1. The quantitative estimate of drug-likeness (QED) is 0.551. The first-order valence-electron chi connectivity index (χ1n) is 9.13. The van der Waals surface area contributed by atoms with Gasteiger partial charge in [-0.15, -0.1) is 0 Å². The summed E-state index contributed by atoms with van der Waals surface area (Å²) in [5, 5.41) is 20.8. The van der Waals surface area contributed by atoms with Gasteiger partial charge in [0.1, 0.15) is 5.92 Å². The lowest BCUT2D eigenvalue weighted by molar-refractivity contribution is -0.172. The molecule has 0 bridgehead atoms. The van der Waals surface area contributed by atoms with Crippen LogP contribution in [0.2, 0.25) is 0 Å². The highest BCUT2D eigenvalue weighted by Crippen LogP contribution is 2.47. The molecule has 8 nitrogen and oxygen atoms in total. The maximum absolute atomic E-state index is 12.8. The van der Waals surface area contributed by atoms with Crippen molar-refractivity contribution in [1.82, 2.24) is 0 Å². The summed E-state index contributed by atoms with van der Waals surface area (Å²) in [7, 11) is 1.35. The van der Waals surface area contributed by atoms with Crippen LogP contribution in [0.5, 0.6) is 11.5 Å². The molecule has 1 aliphatic rings. The molecule has 0 spiro atoms. The highest BCUT2D eigenvalue weighted by Gasteiger charge is 2.57. The molecule has 0 aliphatic heterocycles. The zero-order chi connectivity index (χ0) is 21.1. The fraction of sp³-hybridized carbons (Fsp3) is 0.550. The third-order valence-corrected chi connectivity index (χ3v) is 4.94. The van der Waals surface area contributed by atoms with Crippen molar-refractivity contribution in [2.24, 2.45) is 11.8 Å². The number of aliphatic hydroxyl groups is 1. The average molecular weight is 394 g/mol. The number of hydrogen-bond acceptors (Lipinski definition) is 8. The second-order valence-corrected chi connectivity index (χ2v) is 6.92. The number of phenols is 1. The van der Waals surface area contributed by atoms with E-state index in [1.54, 1.807) is 13.8 Å². The third kappa shape index (κ3) is 4.11. The molecule has 0 unspecified atom stereocenters. The SMILES string of the molecule is CCOC(=O)[C@@H]1C(=O)C[C@](C)(O)[C@H](C(=O)OCC)[C@@H]1c1ccc(O)c(OC)c1. The Morgan fingerprint density at radius 2 is 1.79 bits per heavy atom. The molecule has 1 aromatic carbocycles. The zero-order valence-corrected chi connectivity index (χ0v) is 16.4. The normalized spacial score (nSPS) is 27.2. The highest BCUT2D eigenvalue weighted by molar-refractivity contribution is 6.02. The number of esters is 2. The van der Waals surface area contributed by atoms with Crippen molar-refractivity contribution >= 4 is 17.7 Å². The molecule has 1 fully saturated rings. The lowest BCUT2D eigenvalue weighted by atomic mass is 9.61. The third-order valence-electron chi connectivity index (χ3n) is 4.94. The van der Waals surface area contributed by atoms with Crippen molar-refractivity contribution in [2.75, 3.05) is 20.3 Å². The Labute approximate surface area is 163 Å². The molecular weight excluding hydrogens is 368 g/mol. The summed E-state index contributed by atoms with van der Waals surface area (Å²) in [6.45, 7) is 4.76. The van der Waals surface area contributed by atoms with Crippen molar-refractivity contribution < 1.29 is 38.8 Å². The first-order valence-corrected chi connectivity index (χ1v) is 9.13. The van der Waals surface area contributed by atoms with E-state index in [9.17, 15) is 24.6 Å². The molecule has 28 heavy (non-hydrogen) atoms. The van der Waals surface area contributed by atoms with E-state index in [2.05, 4.69) is 0 Å². The van der Waals surface area contributed by atoms with Crippen LogP contribution >= 0.6 is 0 Å². The van der Waals surface area contributed by atoms with Gasteiger partial charge < -0.3 is 24.4 Å². The maximum Gasteiger partial charge on any atom is 0.317 e. The van der Waals surface area contributed by atoms with Crippen LogP contribution in [0.25, 0.3) is 0 Å². The first-order chi connectivity index (χ1) is 13.2. The number of phenolic OH excluding ortho intramolecular Hbond substituents is 1. The number of aromatic hydroxyl groups is 1. The molecule has 2 N–H and O–H groups in total. The number of hydrogen-bond donors (Lipinski definition) is 2. The van der Waals surface area contributed by atoms with Crippen molar-refractivity contribution in [1.29, 1.82) is 0 Å². The minimum atomic E-state index is -1.72. The molecule has 0 aromatic heterocycles. The number of benzene rings is 1. The Morgan fingerprint density at radius 3 is 2.36 bits per heavy atom. The van der Waals surface area contributed by atoms with Gasteiger partial charge >= 0.3 is 11.9 Å². The van der Waals surface area contributed by atoms with E-state index < -0.39 is 41.1 Å². The van der Waals surface area contributed by atoms with Crippen LogP contribution in [0.3, 0.4) is 0 Å². The number of ether oxygens (including phenoxy) is 3. The Bertz CT molecular complexity index is 755. The number of ketones is 1. The van der Waals surface area contributed by atoms with Crippen LogP contribution in [-0.2, 0) is 23.9 Å². The Kier molecular flexibility index (Phi) is 6.66. The van der Waals surface area contributed by atoms with Gasteiger partial charge in [0.25, 0.3) is 0 Å². The van der Waals surface area contributed by atoms with Crippen LogP contribution in [0, 0.1) is 11.8 Å². The number of Topliss-reactive ketones (excluding diaryl/α,β-unsaturated/α-hetero) is 1. The van der Waals surface area contributed by atoms with E-state index in [-0.39, 0.29) is 31.1 Å². The summed E-state index contributed by atoms with van der Waals surface area (Å²) >= 11 is 0. The summed E-state index contributed by atoms with van der Waals surface area (Å²) in [4.78, 5) is 38.1. The summed E-state index contributed by atoms with van der Waals surface area (Å²) < 4.78 is 15.3. The summed E-state index contributed by atoms with van der Waals surface area (Å²) in [6, 6.07) is 4.26. The van der Waals surface area contributed by atoms with E-state index in [1.165, 1.54) is 32.2 Å². The van der Waals surface area contributed by atoms with Gasteiger partial charge in [-0.05, 0) is 38.5 Å². The van der Waals surface area contributed by atoms with E-state index >= 15 is 0 Å². The van der Waals surface area contributed by atoms with Crippen LogP contribution in [0.4, 0.5) is 0 Å². The zero-order valence-electron chi connectivity index (χ0n) is 16.4. The van der Waals surface area contributed by atoms with E-state index in [4.69, 9.17) is 14.2 Å². The number of carbonyl (C=O) groups excluding carboxylic acids is 3. The molecular formula is C20H26O8. The molecule has 154 valence electrons. The van der Waals surface area contributed by atoms with Crippen molar-refractivity contribution in [3.8, 4) is 11.5 Å². The molecule has 2 rings (SSSR count). The first kappa shape index (κ1) is 21.7. The highest BCUT2D eigenvalue weighted by atomic mass is 16.5. The van der Waals surface area contributed by atoms with Crippen LogP contribution in [0.1, 0.15) is 38.7 Å². The number of carbonyl (C=O) groups is 3. The summed E-state index contributed by atoms with van der Waals surface area (Å²) in [5.41, 5.74) is -1.35. The Balaban J connectivity index is 2.66. The molecule has 0 heterocycles.